The molecule has 168 valence electrons. The van der Waals surface area contributed by atoms with E-state index in [0.717, 1.165) is 0 Å². The number of sulfone groups is 1. The van der Waals surface area contributed by atoms with Gasteiger partial charge in [-0.3, -0.25) is 9.69 Å². The topological polar surface area (TPSA) is 117 Å². The lowest BCUT2D eigenvalue weighted by molar-refractivity contribution is 0.0587. The van der Waals surface area contributed by atoms with Gasteiger partial charge in [0.15, 0.2) is 9.84 Å². The number of carbonyl (C=O) groups is 1. The van der Waals surface area contributed by atoms with E-state index in [1.54, 1.807) is 29.2 Å². The minimum Gasteiger partial charge on any atom is -0.468 e. The third-order valence-electron chi connectivity index (χ3n) is 5.73. The van der Waals surface area contributed by atoms with E-state index in [1.165, 1.54) is 18.4 Å². The Morgan fingerprint density at radius 1 is 1.13 bits per heavy atom. The zero-order valence-corrected chi connectivity index (χ0v) is 18.6. The molecular formula is C20H25N3O6S2. The van der Waals surface area contributed by atoms with Gasteiger partial charge in [-0.05, 0) is 36.8 Å². The fourth-order valence-electron chi connectivity index (χ4n) is 4.00. The second-order valence-electron chi connectivity index (χ2n) is 7.82. The van der Waals surface area contributed by atoms with Gasteiger partial charge in [0.25, 0.3) is 5.91 Å². The number of amides is 1. The minimum absolute atomic E-state index is 0.0136. The van der Waals surface area contributed by atoms with E-state index < -0.39 is 19.9 Å². The van der Waals surface area contributed by atoms with Gasteiger partial charge >= 0.3 is 0 Å². The second-order valence-corrected chi connectivity index (χ2v) is 11.8. The van der Waals surface area contributed by atoms with Crippen molar-refractivity contribution in [3.05, 3.63) is 54.0 Å². The molecule has 0 saturated carbocycles. The van der Waals surface area contributed by atoms with Gasteiger partial charge in [0.05, 0.1) is 29.2 Å². The average Bonchev–Trinajstić information content (AvgIpc) is 3.41. The van der Waals surface area contributed by atoms with Crippen molar-refractivity contribution in [1.82, 2.24) is 14.5 Å². The van der Waals surface area contributed by atoms with Crippen LogP contribution in [0.4, 0.5) is 0 Å². The van der Waals surface area contributed by atoms with Gasteiger partial charge in [0, 0.05) is 37.8 Å². The van der Waals surface area contributed by atoms with Crippen molar-refractivity contribution in [3.8, 4) is 0 Å². The van der Waals surface area contributed by atoms with E-state index in [-0.39, 0.29) is 34.9 Å². The predicted molar refractivity (Wildman–Crippen MR) is 114 cm³/mol. The summed E-state index contributed by atoms with van der Waals surface area (Å²) in [5.74, 6) is 0.670. The van der Waals surface area contributed by atoms with E-state index >= 15 is 0 Å². The Balaban J connectivity index is 1.38. The lowest BCUT2D eigenvalue weighted by Gasteiger charge is -2.37. The van der Waals surface area contributed by atoms with Crippen LogP contribution in [0, 0.1) is 0 Å². The van der Waals surface area contributed by atoms with E-state index in [4.69, 9.17) is 4.42 Å². The molecule has 0 radical (unpaired) electrons. The summed E-state index contributed by atoms with van der Waals surface area (Å²) in [6.45, 7) is 2.18. The zero-order chi connectivity index (χ0) is 22.1. The summed E-state index contributed by atoms with van der Waals surface area (Å²) in [7, 11) is -6.75. The first-order chi connectivity index (χ1) is 14.7. The Morgan fingerprint density at radius 3 is 2.55 bits per heavy atom. The molecule has 1 aromatic heterocycles. The molecule has 1 N–H and O–H groups in total. The first-order valence-corrected chi connectivity index (χ1v) is 13.4. The number of sulfonamides is 1. The largest absolute Gasteiger partial charge is 0.468 e. The Labute approximate surface area is 182 Å². The maximum Gasteiger partial charge on any atom is 0.253 e. The second kappa shape index (κ2) is 8.73. The van der Waals surface area contributed by atoms with Crippen LogP contribution < -0.4 is 4.72 Å². The number of nitrogens with one attached hydrogen (secondary N) is 1. The molecule has 1 aromatic carbocycles. The molecule has 1 amide bonds. The third kappa shape index (κ3) is 5.17. The summed E-state index contributed by atoms with van der Waals surface area (Å²) in [4.78, 5) is 16.8. The summed E-state index contributed by atoms with van der Waals surface area (Å²) in [5, 5.41) is 0. The Hall–Kier alpha value is -2.21. The number of benzene rings is 1. The molecule has 1 unspecified atom stereocenters. The zero-order valence-electron chi connectivity index (χ0n) is 16.9. The van der Waals surface area contributed by atoms with Crippen LogP contribution in [0.15, 0.2) is 52.0 Å². The number of furan rings is 1. The van der Waals surface area contributed by atoms with Crippen molar-refractivity contribution in [2.45, 2.75) is 23.9 Å². The van der Waals surface area contributed by atoms with Crippen molar-refractivity contribution in [3.63, 3.8) is 0 Å². The van der Waals surface area contributed by atoms with Gasteiger partial charge in [0.1, 0.15) is 5.76 Å². The molecule has 2 aliphatic heterocycles. The number of piperazine rings is 1. The molecule has 0 bridgehead atoms. The molecule has 2 aromatic rings. The standard InChI is InChI=1S/C20H25N3O6S2/c24-20(23-9-7-22(8-10-23)17-6-12-30(25,26)15-17)16-3-1-5-19(13-16)31(27,28)21-14-18-4-2-11-29-18/h1-5,11,13,17,21H,6-10,12,14-15H2. The first kappa shape index (κ1) is 22.0. The van der Waals surface area contributed by atoms with Gasteiger partial charge in [-0.2, -0.15) is 0 Å². The van der Waals surface area contributed by atoms with Crippen LogP contribution in [0.5, 0.6) is 0 Å². The summed E-state index contributed by atoms with van der Waals surface area (Å²) in [5.41, 5.74) is 0.303. The van der Waals surface area contributed by atoms with E-state index in [9.17, 15) is 21.6 Å². The van der Waals surface area contributed by atoms with Crippen molar-refractivity contribution in [1.29, 1.82) is 0 Å². The van der Waals surface area contributed by atoms with Crippen LogP contribution in [0.1, 0.15) is 22.5 Å². The fourth-order valence-corrected chi connectivity index (χ4v) is 6.80. The molecule has 0 spiro atoms. The number of carbonyl (C=O) groups excluding carboxylic acids is 1. The molecule has 3 heterocycles. The molecule has 2 fully saturated rings. The maximum absolute atomic E-state index is 12.9. The predicted octanol–water partition coefficient (Wildman–Crippen LogP) is 0.703. The van der Waals surface area contributed by atoms with Crippen LogP contribution in [-0.4, -0.2) is 76.3 Å². The molecule has 2 aliphatic rings. The van der Waals surface area contributed by atoms with Crippen molar-refractivity contribution >= 4 is 25.8 Å². The normalized spacial score (nSPS) is 21.9. The molecule has 9 nitrogen and oxygen atoms in total. The minimum atomic E-state index is -3.80. The Bertz CT molecular complexity index is 1140. The molecule has 0 aliphatic carbocycles. The van der Waals surface area contributed by atoms with Gasteiger partial charge in [0.2, 0.25) is 10.0 Å². The smallest absolute Gasteiger partial charge is 0.253 e. The number of nitrogens with zero attached hydrogens (tertiary/aromatic N) is 2. The highest BCUT2D eigenvalue weighted by atomic mass is 32.2. The lowest BCUT2D eigenvalue weighted by Crippen LogP contribution is -2.52. The van der Waals surface area contributed by atoms with Crippen LogP contribution in [0.3, 0.4) is 0 Å². The monoisotopic (exact) mass is 467 g/mol. The fraction of sp³-hybridized carbons (Fsp3) is 0.450. The highest BCUT2D eigenvalue weighted by Crippen LogP contribution is 2.20. The third-order valence-corrected chi connectivity index (χ3v) is 8.88. The number of rotatable bonds is 6. The summed E-state index contributed by atoms with van der Waals surface area (Å²) in [6, 6.07) is 9.34. The quantitative estimate of drug-likeness (QED) is 0.665. The van der Waals surface area contributed by atoms with Crippen LogP contribution >= 0.6 is 0 Å². The van der Waals surface area contributed by atoms with E-state index in [0.29, 0.717) is 43.9 Å². The van der Waals surface area contributed by atoms with Crippen molar-refractivity contribution in [2.24, 2.45) is 0 Å². The summed E-state index contributed by atoms with van der Waals surface area (Å²) in [6.07, 6.45) is 2.11. The maximum atomic E-state index is 12.9. The summed E-state index contributed by atoms with van der Waals surface area (Å²) < 4.78 is 56.2. The Kier molecular flexibility index (Phi) is 6.20. The van der Waals surface area contributed by atoms with Gasteiger partial charge in [-0.25, -0.2) is 21.6 Å². The van der Waals surface area contributed by atoms with Crippen LogP contribution in [0.2, 0.25) is 0 Å². The highest BCUT2D eigenvalue weighted by molar-refractivity contribution is 7.91. The molecule has 4 rings (SSSR count). The molecule has 1 atom stereocenters. The molecular weight excluding hydrogens is 442 g/mol. The first-order valence-electron chi connectivity index (χ1n) is 10.1. The van der Waals surface area contributed by atoms with Gasteiger partial charge < -0.3 is 9.32 Å². The lowest BCUT2D eigenvalue weighted by atomic mass is 10.1. The molecule has 2 saturated heterocycles. The number of hydrogen-bond acceptors (Lipinski definition) is 7. The average molecular weight is 468 g/mol. The van der Waals surface area contributed by atoms with Gasteiger partial charge in [-0.15, -0.1) is 0 Å². The SMILES string of the molecule is O=C(c1cccc(S(=O)(=O)NCc2ccco2)c1)N1CCN(C2CCS(=O)(=O)C2)CC1. The molecule has 31 heavy (non-hydrogen) atoms. The van der Waals surface area contributed by atoms with E-state index in [2.05, 4.69) is 9.62 Å². The number of hydrogen-bond donors (Lipinski definition) is 1. The Morgan fingerprint density at radius 2 is 1.90 bits per heavy atom. The molecule has 11 heteroatoms. The highest BCUT2D eigenvalue weighted by Gasteiger charge is 2.34. The van der Waals surface area contributed by atoms with Gasteiger partial charge in [-0.1, -0.05) is 6.07 Å². The van der Waals surface area contributed by atoms with Crippen molar-refractivity contribution < 1.29 is 26.0 Å². The van der Waals surface area contributed by atoms with Crippen LogP contribution in [0.25, 0.3) is 0 Å². The van der Waals surface area contributed by atoms with E-state index in [1.807, 2.05) is 0 Å². The van der Waals surface area contributed by atoms with Crippen molar-refractivity contribution in [2.75, 3.05) is 37.7 Å². The summed E-state index contributed by atoms with van der Waals surface area (Å²) >= 11 is 0. The van der Waals surface area contributed by atoms with Crippen LogP contribution in [-0.2, 0) is 26.4 Å².